The van der Waals surface area contributed by atoms with Crippen molar-refractivity contribution in [2.24, 2.45) is 0 Å². The summed E-state index contributed by atoms with van der Waals surface area (Å²) in [6.45, 7) is 15.0. The molecule has 0 atom stereocenters. The fourth-order valence-electron chi connectivity index (χ4n) is 2.25. The van der Waals surface area contributed by atoms with Crippen LogP contribution in [-0.4, -0.2) is 6.10 Å². The van der Waals surface area contributed by atoms with Gasteiger partial charge in [0.2, 0.25) is 0 Å². The predicted octanol–water partition coefficient (Wildman–Crippen LogP) is 6.72. The van der Waals surface area contributed by atoms with Gasteiger partial charge in [0.25, 0.3) is 0 Å². The Morgan fingerprint density at radius 3 is 1.65 bits per heavy atom. The number of benzene rings is 2. The summed E-state index contributed by atoms with van der Waals surface area (Å²) in [5, 5.41) is 0. The van der Waals surface area contributed by atoms with Crippen molar-refractivity contribution < 1.29 is 4.74 Å². The van der Waals surface area contributed by atoms with Gasteiger partial charge in [0.15, 0.2) is 0 Å². The zero-order valence-electron chi connectivity index (χ0n) is 15.8. The van der Waals surface area contributed by atoms with Gasteiger partial charge in [-0.3, -0.25) is 0 Å². The highest BCUT2D eigenvalue weighted by molar-refractivity contribution is 5.30. The second-order valence-electron chi connectivity index (χ2n) is 6.96. The van der Waals surface area contributed by atoms with Crippen LogP contribution in [0.4, 0.5) is 0 Å². The molecule has 0 bridgehead atoms. The summed E-state index contributed by atoms with van der Waals surface area (Å²) in [6.07, 6.45) is 0.252. The van der Waals surface area contributed by atoms with E-state index in [0.717, 1.165) is 5.75 Å². The van der Waals surface area contributed by atoms with E-state index in [-0.39, 0.29) is 6.10 Å². The molecule has 1 heteroatoms. The Bertz CT molecular complexity index is 582. The molecule has 0 N–H and O–H groups in total. The molecule has 0 saturated carbocycles. The minimum atomic E-state index is 0.252. The molecule has 1 nitrogen and oxygen atoms in total. The van der Waals surface area contributed by atoms with Crippen molar-refractivity contribution >= 4 is 0 Å². The molecule has 0 aliphatic carbocycles. The molecule has 0 unspecified atom stereocenters. The lowest BCUT2D eigenvalue weighted by molar-refractivity contribution is 0.242. The van der Waals surface area contributed by atoms with E-state index in [1.165, 1.54) is 16.7 Å². The van der Waals surface area contributed by atoms with E-state index in [4.69, 9.17) is 4.74 Å². The summed E-state index contributed by atoms with van der Waals surface area (Å²) in [5.74, 6) is 2.19. The van der Waals surface area contributed by atoms with Gasteiger partial charge in [-0.1, -0.05) is 69.7 Å². The maximum absolute atomic E-state index is 5.60. The van der Waals surface area contributed by atoms with Crippen LogP contribution in [0.5, 0.6) is 5.75 Å². The fraction of sp³-hybridized carbons (Fsp3) is 0.455. The smallest absolute Gasteiger partial charge is 0.119 e. The Kier molecular flexibility index (Phi) is 7.88. The standard InChI is InChI=1S/C12H18O.C10H14/c1-9(2)11-6-5-7-12(8-11)13-10(3)4;1-8(2)10-6-4-5-9(3)7-10/h5-10H,1-4H3;4-8H,1-3H3. The maximum Gasteiger partial charge on any atom is 0.119 e. The molecule has 0 saturated heterocycles. The van der Waals surface area contributed by atoms with E-state index in [9.17, 15) is 0 Å². The normalized spacial score (nSPS) is 10.7. The van der Waals surface area contributed by atoms with Gasteiger partial charge >= 0.3 is 0 Å². The van der Waals surface area contributed by atoms with Crippen LogP contribution in [0.15, 0.2) is 48.5 Å². The first-order valence-corrected chi connectivity index (χ1v) is 8.62. The maximum atomic E-state index is 5.60. The zero-order valence-corrected chi connectivity index (χ0v) is 15.8. The molecule has 0 aliphatic rings. The molecular weight excluding hydrogens is 280 g/mol. The summed E-state index contributed by atoms with van der Waals surface area (Å²) in [4.78, 5) is 0. The summed E-state index contributed by atoms with van der Waals surface area (Å²) in [6, 6.07) is 17.0. The van der Waals surface area contributed by atoms with Crippen molar-refractivity contribution in [2.45, 2.75) is 66.4 Å². The third kappa shape index (κ3) is 7.36. The highest BCUT2D eigenvalue weighted by Gasteiger charge is 2.01. The third-order valence-corrected chi connectivity index (χ3v) is 3.61. The Hall–Kier alpha value is -1.76. The number of hydrogen-bond donors (Lipinski definition) is 0. The minimum Gasteiger partial charge on any atom is -0.491 e. The monoisotopic (exact) mass is 312 g/mol. The van der Waals surface area contributed by atoms with Crippen molar-refractivity contribution in [2.75, 3.05) is 0 Å². The molecule has 0 aliphatic heterocycles. The quantitative estimate of drug-likeness (QED) is 0.609. The number of rotatable bonds is 4. The molecule has 126 valence electrons. The molecular formula is C22H32O. The SMILES string of the molecule is CC(C)Oc1cccc(C(C)C)c1.Cc1cccc(C(C)C)c1. The van der Waals surface area contributed by atoms with E-state index >= 15 is 0 Å². The first-order valence-electron chi connectivity index (χ1n) is 8.62. The molecule has 0 spiro atoms. The van der Waals surface area contributed by atoms with E-state index in [2.05, 4.69) is 71.0 Å². The van der Waals surface area contributed by atoms with Crippen molar-refractivity contribution in [1.29, 1.82) is 0 Å². The summed E-state index contributed by atoms with van der Waals surface area (Å²) < 4.78 is 5.60. The molecule has 0 radical (unpaired) electrons. The lowest BCUT2D eigenvalue weighted by Gasteiger charge is -2.12. The molecule has 2 aromatic rings. The van der Waals surface area contributed by atoms with Gasteiger partial charge < -0.3 is 4.74 Å². The van der Waals surface area contributed by atoms with E-state index in [1.807, 2.05) is 26.0 Å². The summed E-state index contributed by atoms with van der Waals surface area (Å²) in [7, 11) is 0. The van der Waals surface area contributed by atoms with Gasteiger partial charge in [-0.25, -0.2) is 0 Å². The van der Waals surface area contributed by atoms with Crippen LogP contribution < -0.4 is 4.74 Å². The molecule has 0 aromatic heterocycles. The van der Waals surface area contributed by atoms with Crippen LogP contribution in [0.2, 0.25) is 0 Å². The minimum absolute atomic E-state index is 0.252. The predicted molar refractivity (Wildman–Crippen MR) is 102 cm³/mol. The van der Waals surface area contributed by atoms with Crippen LogP contribution >= 0.6 is 0 Å². The molecule has 2 aromatic carbocycles. The van der Waals surface area contributed by atoms with Gasteiger partial charge in [-0.2, -0.15) is 0 Å². The summed E-state index contributed by atoms with van der Waals surface area (Å²) in [5.41, 5.74) is 4.12. The van der Waals surface area contributed by atoms with Crippen LogP contribution in [0, 0.1) is 6.92 Å². The van der Waals surface area contributed by atoms with Crippen LogP contribution in [0.1, 0.15) is 70.1 Å². The number of ether oxygens (including phenoxy) is 1. The van der Waals surface area contributed by atoms with E-state index in [1.54, 1.807) is 0 Å². The molecule has 0 amide bonds. The van der Waals surface area contributed by atoms with Gasteiger partial charge in [-0.15, -0.1) is 0 Å². The second kappa shape index (κ2) is 9.39. The lowest BCUT2D eigenvalue weighted by atomic mass is 10.0. The van der Waals surface area contributed by atoms with Gasteiger partial charge in [-0.05, 0) is 55.9 Å². The van der Waals surface area contributed by atoms with Gasteiger partial charge in [0.05, 0.1) is 6.10 Å². The van der Waals surface area contributed by atoms with Gasteiger partial charge in [0, 0.05) is 0 Å². The van der Waals surface area contributed by atoms with E-state index < -0.39 is 0 Å². The second-order valence-corrected chi connectivity index (χ2v) is 6.96. The highest BCUT2D eigenvalue weighted by Crippen LogP contribution is 2.20. The highest BCUT2D eigenvalue weighted by atomic mass is 16.5. The average Bonchev–Trinajstić information content (AvgIpc) is 2.47. The Balaban J connectivity index is 0.000000238. The molecule has 23 heavy (non-hydrogen) atoms. The molecule has 0 fully saturated rings. The topological polar surface area (TPSA) is 9.23 Å². The first kappa shape index (κ1) is 19.3. The Morgan fingerprint density at radius 2 is 1.22 bits per heavy atom. The van der Waals surface area contributed by atoms with Crippen molar-refractivity contribution in [3.8, 4) is 5.75 Å². The molecule has 2 rings (SSSR count). The third-order valence-electron chi connectivity index (χ3n) is 3.61. The fourth-order valence-corrected chi connectivity index (χ4v) is 2.25. The van der Waals surface area contributed by atoms with Crippen molar-refractivity contribution in [1.82, 2.24) is 0 Å². The molecule has 0 heterocycles. The average molecular weight is 312 g/mol. The first-order chi connectivity index (χ1) is 10.8. The van der Waals surface area contributed by atoms with Gasteiger partial charge in [0.1, 0.15) is 5.75 Å². The number of hydrogen-bond acceptors (Lipinski definition) is 1. The Labute approximate surface area is 142 Å². The Morgan fingerprint density at radius 1 is 0.696 bits per heavy atom. The van der Waals surface area contributed by atoms with Crippen molar-refractivity contribution in [3.05, 3.63) is 65.2 Å². The van der Waals surface area contributed by atoms with Crippen LogP contribution in [-0.2, 0) is 0 Å². The van der Waals surface area contributed by atoms with Crippen LogP contribution in [0.3, 0.4) is 0 Å². The van der Waals surface area contributed by atoms with E-state index in [0.29, 0.717) is 11.8 Å². The van der Waals surface area contributed by atoms with Crippen molar-refractivity contribution in [3.63, 3.8) is 0 Å². The largest absolute Gasteiger partial charge is 0.491 e. The lowest BCUT2D eigenvalue weighted by Crippen LogP contribution is -2.05. The number of aryl methyl sites for hydroxylation is 1. The zero-order chi connectivity index (χ0) is 17.4. The summed E-state index contributed by atoms with van der Waals surface area (Å²) >= 11 is 0. The van der Waals surface area contributed by atoms with Crippen LogP contribution in [0.25, 0.3) is 0 Å².